The molecule has 1 heterocycles. The molecule has 5 heteroatoms. The zero-order chi connectivity index (χ0) is 12.4. The summed E-state index contributed by atoms with van der Waals surface area (Å²) in [7, 11) is 1.46. The summed E-state index contributed by atoms with van der Waals surface area (Å²) in [5, 5.41) is 0. The molecule has 1 unspecified atom stereocenters. The van der Waals surface area contributed by atoms with Crippen LogP contribution in [0.25, 0.3) is 0 Å². The van der Waals surface area contributed by atoms with Gasteiger partial charge in [0.05, 0.1) is 12.7 Å². The summed E-state index contributed by atoms with van der Waals surface area (Å²) in [6.07, 6.45) is 0.906. The van der Waals surface area contributed by atoms with Gasteiger partial charge in [-0.2, -0.15) is 0 Å². The fraction of sp³-hybridized carbons (Fsp3) is 0.417. The fourth-order valence-corrected chi connectivity index (χ4v) is 2.42. The third-order valence-electron chi connectivity index (χ3n) is 2.82. The Morgan fingerprint density at radius 1 is 1.59 bits per heavy atom. The van der Waals surface area contributed by atoms with Gasteiger partial charge in [0.25, 0.3) is 5.91 Å². The van der Waals surface area contributed by atoms with Crippen molar-refractivity contribution in [3.63, 3.8) is 0 Å². The lowest BCUT2D eigenvalue weighted by atomic mass is 10.2. The Balaban J connectivity index is 2.19. The number of rotatable bonds is 2. The van der Waals surface area contributed by atoms with Crippen LogP contribution in [-0.2, 0) is 0 Å². The summed E-state index contributed by atoms with van der Waals surface area (Å²) in [6, 6.07) is 4.30. The summed E-state index contributed by atoms with van der Waals surface area (Å²) in [4.78, 5) is 14.0. The number of likely N-dealkylation sites (tertiary alicyclic amines) is 1. The molecule has 0 N–H and O–H groups in total. The van der Waals surface area contributed by atoms with E-state index < -0.39 is 5.82 Å². The maximum atomic E-state index is 13.7. The summed E-state index contributed by atoms with van der Waals surface area (Å²) in [5.74, 6) is -0.377. The average Bonchev–Trinajstić information content (AvgIpc) is 2.75. The van der Waals surface area contributed by atoms with Gasteiger partial charge < -0.3 is 9.64 Å². The Morgan fingerprint density at radius 3 is 2.88 bits per heavy atom. The van der Waals surface area contributed by atoms with Crippen LogP contribution >= 0.6 is 15.9 Å². The molecule has 1 atom stereocenters. The van der Waals surface area contributed by atoms with Crippen molar-refractivity contribution in [3.8, 4) is 5.75 Å². The van der Waals surface area contributed by atoms with Crippen LogP contribution in [0.3, 0.4) is 0 Å². The van der Waals surface area contributed by atoms with Crippen molar-refractivity contribution in [2.24, 2.45) is 0 Å². The van der Waals surface area contributed by atoms with Gasteiger partial charge in [-0.05, 0) is 18.6 Å². The van der Waals surface area contributed by atoms with Gasteiger partial charge in [-0.25, -0.2) is 4.39 Å². The molecule has 92 valence electrons. The lowest BCUT2D eigenvalue weighted by Crippen LogP contribution is -2.29. The van der Waals surface area contributed by atoms with E-state index in [1.54, 1.807) is 11.0 Å². The number of benzene rings is 1. The Hall–Kier alpha value is -1.10. The third-order valence-corrected chi connectivity index (χ3v) is 3.57. The highest BCUT2D eigenvalue weighted by atomic mass is 79.9. The molecule has 3 nitrogen and oxygen atoms in total. The number of alkyl halides is 1. The average molecular weight is 302 g/mol. The van der Waals surface area contributed by atoms with Crippen molar-refractivity contribution >= 4 is 21.8 Å². The molecule has 1 aliphatic rings. The van der Waals surface area contributed by atoms with Gasteiger partial charge in [0.2, 0.25) is 0 Å². The first-order valence-electron chi connectivity index (χ1n) is 5.38. The Morgan fingerprint density at radius 2 is 2.35 bits per heavy atom. The molecule has 1 fully saturated rings. The van der Waals surface area contributed by atoms with E-state index >= 15 is 0 Å². The zero-order valence-corrected chi connectivity index (χ0v) is 11.0. The number of hydrogen-bond donors (Lipinski definition) is 0. The second-order valence-electron chi connectivity index (χ2n) is 3.98. The van der Waals surface area contributed by atoms with Crippen molar-refractivity contribution in [1.29, 1.82) is 0 Å². The van der Waals surface area contributed by atoms with Gasteiger partial charge >= 0.3 is 0 Å². The first-order chi connectivity index (χ1) is 8.11. The minimum absolute atomic E-state index is 0.104. The maximum absolute atomic E-state index is 13.7. The first-order valence-corrected chi connectivity index (χ1v) is 6.30. The van der Waals surface area contributed by atoms with Crippen LogP contribution < -0.4 is 4.74 Å². The maximum Gasteiger partial charge on any atom is 0.256 e. The molecule has 2 rings (SSSR count). The lowest BCUT2D eigenvalue weighted by molar-refractivity contribution is 0.0789. The summed E-state index contributed by atoms with van der Waals surface area (Å²) in [6.45, 7) is 1.30. The molecule has 1 aromatic rings. The number of amides is 1. The molecule has 1 aliphatic heterocycles. The fourth-order valence-electron chi connectivity index (χ4n) is 1.87. The van der Waals surface area contributed by atoms with Crippen LogP contribution in [0.1, 0.15) is 16.8 Å². The summed E-state index contributed by atoms with van der Waals surface area (Å²) < 4.78 is 18.6. The predicted octanol–water partition coefficient (Wildman–Crippen LogP) is 2.44. The quantitative estimate of drug-likeness (QED) is 0.785. The Bertz CT molecular complexity index is 439. The third kappa shape index (κ3) is 2.60. The SMILES string of the molecule is COc1ccc(C(=O)N2CCC(Br)C2)c(F)c1. The van der Waals surface area contributed by atoms with Crippen LogP contribution in [0.15, 0.2) is 18.2 Å². The number of methoxy groups -OCH3 is 1. The molecule has 0 saturated carbocycles. The topological polar surface area (TPSA) is 29.5 Å². The predicted molar refractivity (Wildman–Crippen MR) is 66.2 cm³/mol. The lowest BCUT2D eigenvalue weighted by Gasteiger charge is -2.16. The standard InChI is InChI=1S/C12H13BrFNO2/c1-17-9-2-3-10(11(14)6-9)12(16)15-5-4-8(13)7-15/h2-3,6,8H,4-5,7H2,1H3. The summed E-state index contributed by atoms with van der Waals surface area (Å²) >= 11 is 3.45. The number of ether oxygens (including phenoxy) is 1. The van der Waals surface area contributed by atoms with Crippen molar-refractivity contribution in [3.05, 3.63) is 29.6 Å². The number of nitrogens with zero attached hydrogens (tertiary/aromatic N) is 1. The Kier molecular flexibility index (Phi) is 3.66. The van der Waals surface area contributed by atoms with E-state index in [9.17, 15) is 9.18 Å². The molecule has 0 spiro atoms. The normalized spacial score (nSPS) is 19.5. The molecular weight excluding hydrogens is 289 g/mol. The molecule has 1 amide bonds. The smallest absolute Gasteiger partial charge is 0.256 e. The van der Waals surface area contributed by atoms with Crippen LogP contribution in [0.4, 0.5) is 4.39 Å². The largest absolute Gasteiger partial charge is 0.497 e. The van der Waals surface area contributed by atoms with E-state index in [2.05, 4.69) is 15.9 Å². The van der Waals surface area contributed by atoms with E-state index in [0.29, 0.717) is 23.7 Å². The van der Waals surface area contributed by atoms with Gasteiger partial charge in [-0.3, -0.25) is 4.79 Å². The van der Waals surface area contributed by atoms with Crippen molar-refractivity contribution in [1.82, 2.24) is 4.90 Å². The highest BCUT2D eigenvalue weighted by Gasteiger charge is 2.26. The highest BCUT2D eigenvalue weighted by Crippen LogP contribution is 2.22. The van der Waals surface area contributed by atoms with E-state index in [-0.39, 0.29) is 11.5 Å². The molecule has 17 heavy (non-hydrogen) atoms. The van der Waals surface area contributed by atoms with Crippen molar-refractivity contribution in [2.75, 3.05) is 20.2 Å². The van der Waals surface area contributed by atoms with Gasteiger partial charge in [0, 0.05) is 24.0 Å². The summed E-state index contributed by atoms with van der Waals surface area (Å²) in [5.41, 5.74) is 0.104. The van der Waals surface area contributed by atoms with E-state index in [0.717, 1.165) is 6.42 Å². The zero-order valence-electron chi connectivity index (χ0n) is 9.45. The van der Waals surface area contributed by atoms with Gasteiger partial charge in [-0.15, -0.1) is 0 Å². The van der Waals surface area contributed by atoms with Crippen molar-refractivity contribution < 1.29 is 13.9 Å². The minimum Gasteiger partial charge on any atom is -0.497 e. The number of carbonyl (C=O) groups is 1. The second-order valence-corrected chi connectivity index (χ2v) is 5.28. The molecular formula is C12H13BrFNO2. The minimum atomic E-state index is -0.535. The second kappa shape index (κ2) is 5.04. The number of hydrogen-bond acceptors (Lipinski definition) is 2. The van der Waals surface area contributed by atoms with Crippen LogP contribution in [0, 0.1) is 5.82 Å². The monoisotopic (exact) mass is 301 g/mol. The number of carbonyl (C=O) groups excluding carboxylic acids is 1. The Labute approximate surface area is 108 Å². The van der Waals surface area contributed by atoms with E-state index in [1.165, 1.54) is 19.2 Å². The van der Waals surface area contributed by atoms with E-state index in [4.69, 9.17) is 4.74 Å². The van der Waals surface area contributed by atoms with Gasteiger partial charge in [-0.1, -0.05) is 15.9 Å². The molecule has 1 saturated heterocycles. The molecule has 1 aromatic carbocycles. The molecule has 0 aliphatic carbocycles. The molecule has 0 radical (unpaired) electrons. The van der Waals surface area contributed by atoms with Crippen LogP contribution in [0.5, 0.6) is 5.75 Å². The van der Waals surface area contributed by atoms with Crippen LogP contribution in [0.2, 0.25) is 0 Å². The van der Waals surface area contributed by atoms with Crippen molar-refractivity contribution in [2.45, 2.75) is 11.2 Å². The first kappa shape index (κ1) is 12.4. The van der Waals surface area contributed by atoms with Gasteiger partial charge in [0.15, 0.2) is 0 Å². The van der Waals surface area contributed by atoms with Gasteiger partial charge in [0.1, 0.15) is 11.6 Å². The van der Waals surface area contributed by atoms with Crippen LogP contribution in [-0.4, -0.2) is 35.8 Å². The molecule has 0 aromatic heterocycles. The number of halogens is 2. The van der Waals surface area contributed by atoms with E-state index in [1.807, 2.05) is 0 Å². The highest BCUT2D eigenvalue weighted by molar-refractivity contribution is 9.09. The molecule has 0 bridgehead atoms.